The lowest BCUT2D eigenvalue weighted by Gasteiger charge is -2.32. The van der Waals surface area contributed by atoms with E-state index >= 15 is 0 Å². The third kappa shape index (κ3) is 3.84. The van der Waals surface area contributed by atoms with Crippen molar-refractivity contribution in [3.05, 3.63) is 29.9 Å². The number of nitrogens with zero attached hydrogens (tertiary/aromatic N) is 6. The molecule has 0 aliphatic carbocycles. The van der Waals surface area contributed by atoms with E-state index < -0.39 is 0 Å². The van der Waals surface area contributed by atoms with Crippen molar-refractivity contribution in [3.8, 4) is 0 Å². The minimum Gasteiger partial charge on any atom is -0.385 e. The molecule has 0 bridgehead atoms. The molecule has 2 aromatic heterocycles. The molecule has 3 rings (SSSR count). The van der Waals surface area contributed by atoms with Crippen LogP contribution in [-0.2, 0) is 18.3 Å². The topological polar surface area (TPSA) is 61.0 Å². The highest BCUT2D eigenvalue weighted by Gasteiger charge is 2.25. The molecule has 1 atom stereocenters. The van der Waals surface area contributed by atoms with Gasteiger partial charge >= 0.3 is 0 Å². The second kappa shape index (κ2) is 7.90. The molecule has 0 spiro atoms. The number of imidazole rings is 1. The molecule has 0 aromatic carbocycles. The van der Waals surface area contributed by atoms with E-state index in [0.717, 1.165) is 50.1 Å². The van der Waals surface area contributed by atoms with Gasteiger partial charge in [0.15, 0.2) is 5.82 Å². The summed E-state index contributed by atoms with van der Waals surface area (Å²) in [6, 6.07) is 0. The third-order valence-corrected chi connectivity index (χ3v) is 4.93. The van der Waals surface area contributed by atoms with E-state index in [0.29, 0.717) is 5.92 Å². The van der Waals surface area contributed by atoms with E-state index in [-0.39, 0.29) is 0 Å². The first-order valence-electron chi connectivity index (χ1n) is 8.76. The molecule has 0 saturated carbocycles. The van der Waals surface area contributed by atoms with Crippen molar-refractivity contribution in [1.29, 1.82) is 0 Å². The van der Waals surface area contributed by atoms with Crippen LogP contribution in [0.25, 0.3) is 0 Å². The van der Waals surface area contributed by atoms with Crippen LogP contribution in [-0.4, -0.2) is 62.6 Å². The van der Waals surface area contributed by atoms with Crippen molar-refractivity contribution in [3.63, 3.8) is 0 Å². The summed E-state index contributed by atoms with van der Waals surface area (Å²) in [5, 5.41) is 8.94. The number of methoxy groups -OCH3 is 1. The predicted molar refractivity (Wildman–Crippen MR) is 92.0 cm³/mol. The zero-order valence-electron chi connectivity index (χ0n) is 15.0. The fraction of sp³-hybridized carbons (Fsp3) is 0.706. The van der Waals surface area contributed by atoms with E-state index in [1.807, 2.05) is 19.3 Å². The number of hydrogen-bond donors (Lipinski definition) is 0. The molecule has 24 heavy (non-hydrogen) atoms. The minimum atomic E-state index is 0.469. The van der Waals surface area contributed by atoms with Crippen molar-refractivity contribution in [1.82, 2.24) is 29.2 Å². The Morgan fingerprint density at radius 3 is 2.96 bits per heavy atom. The first kappa shape index (κ1) is 17.1. The van der Waals surface area contributed by atoms with Gasteiger partial charge in [0.05, 0.1) is 6.54 Å². The van der Waals surface area contributed by atoms with Crippen LogP contribution in [0.15, 0.2) is 12.4 Å². The van der Waals surface area contributed by atoms with Gasteiger partial charge in [0, 0.05) is 52.2 Å². The lowest BCUT2D eigenvalue weighted by Crippen LogP contribution is -2.36. The molecule has 2 aromatic rings. The second-order valence-corrected chi connectivity index (χ2v) is 6.62. The molecule has 0 radical (unpaired) electrons. The number of rotatable bonds is 7. The van der Waals surface area contributed by atoms with Gasteiger partial charge in [-0.3, -0.25) is 0 Å². The minimum absolute atomic E-state index is 0.469. The van der Waals surface area contributed by atoms with E-state index in [4.69, 9.17) is 4.74 Å². The first-order valence-corrected chi connectivity index (χ1v) is 8.76. The highest BCUT2D eigenvalue weighted by molar-refractivity contribution is 5.05. The van der Waals surface area contributed by atoms with Crippen molar-refractivity contribution in [2.45, 2.75) is 38.6 Å². The summed E-state index contributed by atoms with van der Waals surface area (Å²) in [4.78, 5) is 6.80. The van der Waals surface area contributed by atoms with Crippen LogP contribution < -0.4 is 0 Å². The van der Waals surface area contributed by atoms with Crippen LogP contribution in [0.2, 0.25) is 0 Å². The van der Waals surface area contributed by atoms with E-state index in [1.165, 1.54) is 19.4 Å². The summed E-state index contributed by atoms with van der Waals surface area (Å²) < 4.78 is 9.44. The predicted octanol–water partition coefficient (Wildman–Crippen LogP) is 1.58. The Morgan fingerprint density at radius 2 is 2.21 bits per heavy atom. The summed E-state index contributed by atoms with van der Waals surface area (Å²) in [6.07, 6.45) is 7.32. The largest absolute Gasteiger partial charge is 0.385 e. The molecule has 7 nitrogen and oxygen atoms in total. The lowest BCUT2D eigenvalue weighted by atomic mass is 9.97. The Balaban J connectivity index is 1.65. The maximum Gasteiger partial charge on any atom is 0.152 e. The third-order valence-electron chi connectivity index (χ3n) is 4.93. The normalized spacial score (nSPS) is 19.0. The van der Waals surface area contributed by atoms with E-state index in [2.05, 4.69) is 36.3 Å². The molecule has 132 valence electrons. The van der Waals surface area contributed by atoms with Crippen LogP contribution >= 0.6 is 0 Å². The number of aromatic nitrogens is 5. The van der Waals surface area contributed by atoms with Gasteiger partial charge < -0.3 is 18.8 Å². The van der Waals surface area contributed by atoms with Gasteiger partial charge in [0.25, 0.3) is 0 Å². The Bertz CT molecular complexity index is 649. The number of ether oxygens (including phenoxy) is 1. The molecular weight excluding hydrogens is 304 g/mol. The number of hydrogen-bond acceptors (Lipinski definition) is 5. The summed E-state index contributed by atoms with van der Waals surface area (Å²) in [7, 11) is 3.85. The van der Waals surface area contributed by atoms with Crippen molar-refractivity contribution < 1.29 is 4.74 Å². The second-order valence-electron chi connectivity index (χ2n) is 6.62. The molecule has 7 heteroatoms. The number of piperidine rings is 1. The maximum absolute atomic E-state index is 5.17. The standard InChI is InChI=1S/C17H28N6O/c1-14-18-7-10-23(14)13-16-19-20-17(21(16)2)15-6-4-8-22(12-15)9-5-11-24-3/h7,10,15H,4-6,8-9,11-13H2,1-3H3/t15-/m0/s1. The van der Waals surface area contributed by atoms with Crippen LogP contribution in [0, 0.1) is 6.92 Å². The fourth-order valence-electron chi connectivity index (χ4n) is 3.49. The van der Waals surface area contributed by atoms with Crippen LogP contribution in [0.4, 0.5) is 0 Å². The smallest absolute Gasteiger partial charge is 0.152 e. The van der Waals surface area contributed by atoms with E-state index in [9.17, 15) is 0 Å². The van der Waals surface area contributed by atoms with Gasteiger partial charge in [-0.2, -0.15) is 0 Å². The van der Waals surface area contributed by atoms with Gasteiger partial charge in [-0.1, -0.05) is 0 Å². The Hall–Kier alpha value is -1.73. The lowest BCUT2D eigenvalue weighted by molar-refractivity contribution is 0.153. The van der Waals surface area contributed by atoms with Crippen molar-refractivity contribution >= 4 is 0 Å². The van der Waals surface area contributed by atoms with E-state index in [1.54, 1.807) is 7.11 Å². The quantitative estimate of drug-likeness (QED) is 0.721. The van der Waals surface area contributed by atoms with Crippen LogP contribution in [0.3, 0.4) is 0 Å². The highest BCUT2D eigenvalue weighted by atomic mass is 16.5. The molecule has 0 amide bonds. The molecule has 1 aliphatic rings. The SMILES string of the molecule is COCCCN1CCC[C@H](c2nnc(Cn3ccnc3C)n2C)C1. The Kier molecular flexibility index (Phi) is 5.63. The highest BCUT2D eigenvalue weighted by Crippen LogP contribution is 2.26. The zero-order chi connectivity index (χ0) is 16.9. The molecule has 1 saturated heterocycles. The Labute approximate surface area is 143 Å². The average molecular weight is 332 g/mol. The summed E-state index contributed by atoms with van der Waals surface area (Å²) in [5.41, 5.74) is 0. The molecular formula is C17H28N6O. The fourth-order valence-corrected chi connectivity index (χ4v) is 3.49. The maximum atomic E-state index is 5.17. The van der Waals surface area contributed by atoms with Crippen LogP contribution in [0.5, 0.6) is 0 Å². The summed E-state index contributed by atoms with van der Waals surface area (Å²) in [5.74, 6) is 3.57. The molecule has 1 aliphatic heterocycles. The summed E-state index contributed by atoms with van der Waals surface area (Å²) in [6.45, 7) is 6.91. The molecule has 3 heterocycles. The molecule has 1 fully saturated rings. The van der Waals surface area contributed by atoms with Gasteiger partial charge in [0.2, 0.25) is 0 Å². The zero-order valence-corrected chi connectivity index (χ0v) is 15.0. The van der Waals surface area contributed by atoms with Crippen molar-refractivity contribution in [2.75, 3.05) is 33.4 Å². The monoisotopic (exact) mass is 332 g/mol. The van der Waals surface area contributed by atoms with Gasteiger partial charge in [-0.05, 0) is 32.7 Å². The molecule has 0 N–H and O–H groups in total. The number of likely N-dealkylation sites (tertiary alicyclic amines) is 1. The molecule has 0 unspecified atom stereocenters. The average Bonchev–Trinajstić information content (AvgIpc) is 3.15. The Morgan fingerprint density at radius 1 is 1.33 bits per heavy atom. The first-order chi connectivity index (χ1) is 11.7. The van der Waals surface area contributed by atoms with Gasteiger partial charge in [-0.15, -0.1) is 10.2 Å². The van der Waals surface area contributed by atoms with Gasteiger partial charge in [-0.25, -0.2) is 4.98 Å². The van der Waals surface area contributed by atoms with Crippen molar-refractivity contribution in [2.24, 2.45) is 7.05 Å². The van der Waals surface area contributed by atoms with Crippen LogP contribution in [0.1, 0.15) is 42.7 Å². The summed E-state index contributed by atoms with van der Waals surface area (Å²) >= 11 is 0. The number of aryl methyl sites for hydroxylation is 1. The van der Waals surface area contributed by atoms with Gasteiger partial charge in [0.1, 0.15) is 11.6 Å².